The van der Waals surface area contributed by atoms with E-state index in [-0.39, 0.29) is 17.6 Å². The second kappa shape index (κ2) is 5.46. The molecule has 0 spiro atoms. The Hall–Kier alpha value is -1.79. The smallest absolute Gasteiger partial charge is 0.251 e. The first kappa shape index (κ1) is 13.6. The van der Waals surface area contributed by atoms with Crippen molar-refractivity contribution >= 4 is 11.7 Å². The van der Waals surface area contributed by atoms with Crippen molar-refractivity contribution in [3.05, 3.63) is 23.6 Å². The number of amides is 1. The van der Waals surface area contributed by atoms with Crippen LogP contribution in [-0.2, 0) is 4.79 Å². The number of primary amides is 1. The third-order valence-electron chi connectivity index (χ3n) is 3.27. The van der Waals surface area contributed by atoms with Gasteiger partial charge in [-0.3, -0.25) is 4.79 Å². The van der Waals surface area contributed by atoms with E-state index < -0.39 is 17.6 Å². The third kappa shape index (κ3) is 3.15. The zero-order chi connectivity index (χ0) is 14.0. The van der Waals surface area contributed by atoms with Crippen LogP contribution in [0.15, 0.2) is 6.07 Å². The maximum Gasteiger partial charge on any atom is 0.251 e. The van der Waals surface area contributed by atoms with Crippen molar-refractivity contribution in [2.45, 2.75) is 19.3 Å². The van der Waals surface area contributed by atoms with Crippen molar-refractivity contribution in [2.75, 3.05) is 18.0 Å². The summed E-state index contributed by atoms with van der Waals surface area (Å²) in [5.74, 6) is -3.89. The minimum absolute atomic E-state index is 0.155. The van der Waals surface area contributed by atoms with E-state index >= 15 is 0 Å². The van der Waals surface area contributed by atoms with Crippen molar-refractivity contribution < 1.29 is 18.0 Å². The van der Waals surface area contributed by atoms with Gasteiger partial charge in [-0.2, -0.15) is 9.37 Å². The Kier molecular flexibility index (Phi) is 3.92. The molecule has 0 aromatic carbocycles. The number of aromatic nitrogens is 1. The fraction of sp³-hybridized carbons (Fsp3) is 0.500. The van der Waals surface area contributed by atoms with Crippen LogP contribution in [0.5, 0.6) is 0 Å². The van der Waals surface area contributed by atoms with Gasteiger partial charge in [-0.15, -0.1) is 0 Å². The van der Waals surface area contributed by atoms with Crippen LogP contribution in [0.4, 0.5) is 19.0 Å². The molecule has 2 N–H and O–H groups in total. The summed E-state index contributed by atoms with van der Waals surface area (Å²) in [5.41, 5.74) is 5.11. The summed E-state index contributed by atoms with van der Waals surface area (Å²) in [6, 6.07) is 0.493. The molecular weight excluding hydrogens is 259 g/mol. The molecule has 1 fully saturated rings. The Bertz CT molecular complexity index is 487. The fourth-order valence-electron chi connectivity index (χ4n) is 2.29. The van der Waals surface area contributed by atoms with Crippen molar-refractivity contribution in [1.29, 1.82) is 0 Å². The van der Waals surface area contributed by atoms with Crippen LogP contribution in [-0.4, -0.2) is 24.0 Å². The maximum atomic E-state index is 13.5. The van der Waals surface area contributed by atoms with Crippen molar-refractivity contribution in [3.8, 4) is 0 Å². The maximum absolute atomic E-state index is 13.5. The van der Waals surface area contributed by atoms with Gasteiger partial charge in [-0.05, 0) is 18.8 Å². The lowest BCUT2D eigenvalue weighted by molar-refractivity contribution is -0.119. The van der Waals surface area contributed by atoms with Crippen molar-refractivity contribution in [1.82, 2.24) is 4.98 Å². The van der Waals surface area contributed by atoms with E-state index in [0.717, 1.165) is 0 Å². The van der Waals surface area contributed by atoms with Crippen LogP contribution in [0.2, 0.25) is 0 Å². The van der Waals surface area contributed by atoms with Crippen molar-refractivity contribution in [3.63, 3.8) is 0 Å². The average molecular weight is 273 g/mol. The van der Waals surface area contributed by atoms with Crippen LogP contribution in [0.1, 0.15) is 19.3 Å². The highest BCUT2D eigenvalue weighted by Crippen LogP contribution is 2.26. The second-order valence-electron chi connectivity index (χ2n) is 4.67. The summed E-state index contributed by atoms with van der Waals surface area (Å²) in [6.07, 6.45) is 1.58. The first-order valence-electron chi connectivity index (χ1n) is 6.02. The van der Waals surface area contributed by atoms with Crippen LogP contribution >= 0.6 is 0 Å². The molecule has 0 saturated carbocycles. The molecule has 1 amide bonds. The monoisotopic (exact) mass is 273 g/mol. The molecule has 2 heterocycles. The van der Waals surface area contributed by atoms with Gasteiger partial charge in [0.1, 0.15) is 0 Å². The number of piperidine rings is 1. The van der Waals surface area contributed by atoms with Crippen LogP contribution in [0, 0.1) is 23.5 Å². The molecule has 0 aliphatic carbocycles. The highest BCUT2D eigenvalue weighted by molar-refractivity contribution is 5.74. The van der Waals surface area contributed by atoms with Gasteiger partial charge in [0.25, 0.3) is 5.95 Å². The molecule has 1 aromatic rings. The quantitative estimate of drug-likeness (QED) is 0.851. The average Bonchev–Trinajstić information content (AvgIpc) is 2.34. The molecule has 7 heteroatoms. The van der Waals surface area contributed by atoms with Gasteiger partial charge in [0.05, 0.1) is 0 Å². The number of pyridine rings is 1. The third-order valence-corrected chi connectivity index (χ3v) is 3.27. The topological polar surface area (TPSA) is 59.2 Å². The Labute approximate surface area is 108 Å². The summed E-state index contributed by atoms with van der Waals surface area (Å²) in [6.45, 7) is 0.875. The predicted octanol–water partition coefficient (Wildman–Crippen LogP) is 1.59. The van der Waals surface area contributed by atoms with Gasteiger partial charge in [0, 0.05) is 25.6 Å². The molecule has 19 heavy (non-hydrogen) atoms. The number of anilines is 1. The summed E-state index contributed by atoms with van der Waals surface area (Å²) >= 11 is 0. The van der Waals surface area contributed by atoms with E-state index in [1.165, 1.54) is 0 Å². The summed E-state index contributed by atoms with van der Waals surface area (Å²) in [5, 5.41) is 0. The number of nitrogens with two attached hydrogens (primary N) is 1. The zero-order valence-corrected chi connectivity index (χ0v) is 10.2. The number of carbonyl (C=O) groups is 1. The molecule has 1 aliphatic heterocycles. The van der Waals surface area contributed by atoms with Crippen LogP contribution < -0.4 is 10.6 Å². The number of hydrogen-bond donors (Lipinski definition) is 1. The molecule has 1 aromatic heterocycles. The van der Waals surface area contributed by atoms with Gasteiger partial charge in [0.2, 0.25) is 5.91 Å². The summed E-state index contributed by atoms with van der Waals surface area (Å²) in [4.78, 5) is 15.7. The molecule has 0 unspecified atom stereocenters. The van der Waals surface area contributed by atoms with E-state index in [1.54, 1.807) is 4.90 Å². The number of carbonyl (C=O) groups excluding carboxylic acids is 1. The minimum Gasteiger partial charge on any atom is -0.370 e. The Morgan fingerprint density at radius 2 is 1.95 bits per heavy atom. The zero-order valence-electron chi connectivity index (χ0n) is 10.2. The molecule has 1 aliphatic rings. The van der Waals surface area contributed by atoms with Gasteiger partial charge in [-0.25, -0.2) is 8.78 Å². The van der Waals surface area contributed by atoms with Gasteiger partial charge in [-0.1, -0.05) is 0 Å². The van der Waals surface area contributed by atoms with E-state index in [4.69, 9.17) is 5.73 Å². The molecule has 4 nitrogen and oxygen atoms in total. The number of rotatable bonds is 3. The molecule has 0 atom stereocenters. The lowest BCUT2D eigenvalue weighted by Crippen LogP contribution is -2.36. The molecule has 104 valence electrons. The van der Waals surface area contributed by atoms with Crippen LogP contribution in [0.3, 0.4) is 0 Å². The summed E-state index contributed by atoms with van der Waals surface area (Å²) < 4.78 is 39.3. The standard InChI is InChI=1S/C12H14F3N3O/c13-8-6-9(14)12(17-11(8)15)18-3-1-7(2-4-18)5-10(16)19/h6-7H,1-5H2,(H2,16,19). The normalized spacial score (nSPS) is 16.7. The highest BCUT2D eigenvalue weighted by atomic mass is 19.2. The Morgan fingerprint density at radius 3 is 2.53 bits per heavy atom. The van der Waals surface area contributed by atoms with E-state index in [0.29, 0.717) is 38.4 Å². The minimum atomic E-state index is -1.31. The van der Waals surface area contributed by atoms with E-state index in [1.807, 2.05) is 0 Å². The predicted molar refractivity (Wildman–Crippen MR) is 62.9 cm³/mol. The Balaban J connectivity index is 2.05. The first-order chi connectivity index (χ1) is 8.97. The molecule has 0 radical (unpaired) electrons. The van der Waals surface area contributed by atoms with E-state index in [2.05, 4.69) is 4.98 Å². The highest BCUT2D eigenvalue weighted by Gasteiger charge is 2.24. The van der Waals surface area contributed by atoms with Gasteiger partial charge < -0.3 is 10.6 Å². The van der Waals surface area contributed by atoms with Crippen molar-refractivity contribution in [2.24, 2.45) is 11.7 Å². The lowest BCUT2D eigenvalue weighted by Gasteiger charge is -2.32. The second-order valence-corrected chi connectivity index (χ2v) is 4.67. The molecule has 1 saturated heterocycles. The largest absolute Gasteiger partial charge is 0.370 e. The molecular formula is C12H14F3N3O. The van der Waals surface area contributed by atoms with Gasteiger partial charge in [0.15, 0.2) is 17.5 Å². The number of halogens is 3. The number of nitrogens with zero attached hydrogens (tertiary/aromatic N) is 2. The Morgan fingerprint density at radius 1 is 1.32 bits per heavy atom. The van der Waals surface area contributed by atoms with E-state index in [9.17, 15) is 18.0 Å². The molecule has 0 bridgehead atoms. The molecule has 2 rings (SSSR count). The van der Waals surface area contributed by atoms with Crippen LogP contribution in [0.25, 0.3) is 0 Å². The first-order valence-corrected chi connectivity index (χ1v) is 6.02. The fourth-order valence-corrected chi connectivity index (χ4v) is 2.29. The number of hydrogen-bond acceptors (Lipinski definition) is 3. The van der Waals surface area contributed by atoms with Gasteiger partial charge >= 0.3 is 0 Å². The lowest BCUT2D eigenvalue weighted by atomic mass is 9.93. The summed E-state index contributed by atoms with van der Waals surface area (Å²) in [7, 11) is 0. The SMILES string of the molecule is NC(=O)CC1CCN(c2nc(F)c(F)cc2F)CC1.